The van der Waals surface area contributed by atoms with E-state index in [0.717, 1.165) is 49.8 Å². The van der Waals surface area contributed by atoms with Gasteiger partial charge >= 0.3 is 0 Å². The van der Waals surface area contributed by atoms with Crippen molar-refractivity contribution < 1.29 is 0 Å². The van der Waals surface area contributed by atoms with Crippen LogP contribution in [0.3, 0.4) is 0 Å². The molecule has 4 heteroatoms. The van der Waals surface area contributed by atoms with Crippen LogP contribution in [0, 0.1) is 92.2 Å². The second-order valence-corrected chi connectivity index (χ2v) is 13.6. The second-order valence-electron chi connectivity index (χ2n) is 13.6. The van der Waals surface area contributed by atoms with Gasteiger partial charge in [0.05, 0.1) is 18.1 Å². The van der Waals surface area contributed by atoms with E-state index in [0.29, 0.717) is 41.4 Å². The van der Waals surface area contributed by atoms with E-state index in [2.05, 4.69) is 46.8 Å². The Labute approximate surface area is 214 Å². The van der Waals surface area contributed by atoms with Crippen molar-refractivity contribution >= 4 is 6.21 Å². The van der Waals surface area contributed by atoms with Gasteiger partial charge in [0.15, 0.2) is 0 Å². The number of nitrogens with one attached hydrogen (secondary N) is 1. The summed E-state index contributed by atoms with van der Waals surface area (Å²) in [4.78, 5) is 0. The van der Waals surface area contributed by atoms with Gasteiger partial charge in [-0.1, -0.05) is 41.0 Å². The predicted molar refractivity (Wildman–Crippen MR) is 142 cm³/mol. The molecule has 0 heterocycles. The minimum absolute atomic E-state index is 0.118. The highest BCUT2D eigenvalue weighted by molar-refractivity contribution is 5.77. The summed E-state index contributed by atoms with van der Waals surface area (Å²) < 4.78 is 0. The Morgan fingerprint density at radius 3 is 2.46 bits per heavy atom. The van der Waals surface area contributed by atoms with E-state index < -0.39 is 0 Å². The molecule has 3 N–H and O–H groups in total. The fourth-order valence-corrected chi connectivity index (χ4v) is 9.67. The van der Waals surface area contributed by atoms with E-state index >= 15 is 0 Å². The quantitative estimate of drug-likeness (QED) is 0.373. The fraction of sp³-hybridized carbons (Fsp3) is 0.839. The molecule has 0 amide bonds. The number of nitrogens with zero attached hydrogens (tertiary/aromatic N) is 2. The van der Waals surface area contributed by atoms with Crippen molar-refractivity contribution in [2.24, 2.45) is 69.8 Å². The molecule has 0 bridgehead atoms. The minimum Gasteiger partial charge on any atom is -0.402 e. The molecule has 10 unspecified atom stereocenters. The Hall–Kier alpha value is -1.81. The Kier molecular flexibility index (Phi) is 7.44. The summed E-state index contributed by atoms with van der Waals surface area (Å²) in [5.74, 6) is 4.19. The summed E-state index contributed by atoms with van der Waals surface area (Å²) >= 11 is 0. The highest BCUT2D eigenvalue weighted by atomic mass is 14.7. The van der Waals surface area contributed by atoms with Gasteiger partial charge in [-0.15, -0.1) is 0 Å². The van der Waals surface area contributed by atoms with E-state index in [1.54, 1.807) is 0 Å². The summed E-state index contributed by atoms with van der Waals surface area (Å²) in [6, 6.07) is 5.49. The first-order valence-corrected chi connectivity index (χ1v) is 14.4. The molecule has 0 aromatic heterocycles. The summed E-state index contributed by atoms with van der Waals surface area (Å²) in [6.07, 6.45) is 12.3. The molecular formula is C31H48N4. The molecule has 4 rings (SSSR count). The number of allylic oxidation sites excluding steroid dienone is 2. The van der Waals surface area contributed by atoms with Gasteiger partial charge in [0.25, 0.3) is 0 Å². The van der Waals surface area contributed by atoms with E-state index in [-0.39, 0.29) is 22.7 Å². The molecule has 4 aliphatic carbocycles. The summed E-state index contributed by atoms with van der Waals surface area (Å²) in [6.45, 7) is 11.8. The molecule has 0 aromatic carbocycles. The molecule has 0 aromatic rings. The molecule has 0 aliphatic heterocycles. The predicted octanol–water partition coefficient (Wildman–Crippen LogP) is 7.47. The van der Waals surface area contributed by atoms with E-state index in [4.69, 9.17) is 11.1 Å². The van der Waals surface area contributed by atoms with Crippen molar-refractivity contribution in [3.63, 3.8) is 0 Å². The Bertz CT molecular complexity index is 921. The third-order valence-corrected chi connectivity index (χ3v) is 11.9. The topological polar surface area (TPSA) is 97.4 Å². The molecule has 0 radical (unpaired) electrons. The maximum atomic E-state index is 10.3. The molecule has 4 nitrogen and oxygen atoms in total. The summed E-state index contributed by atoms with van der Waals surface area (Å²) in [5, 5.41) is 28.3. The molecule has 3 fully saturated rings. The van der Waals surface area contributed by atoms with Crippen molar-refractivity contribution in [2.45, 2.75) is 98.8 Å². The van der Waals surface area contributed by atoms with Crippen LogP contribution in [0.2, 0.25) is 0 Å². The fourth-order valence-electron chi connectivity index (χ4n) is 9.67. The highest BCUT2D eigenvalue weighted by Crippen LogP contribution is 2.69. The zero-order valence-corrected chi connectivity index (χ0v) is 22.8. The van der Waals surface area contributed by atoms with Crippen LogP contribution < -0.4 is 5.73 Å². The summed E-state index contributed by atoms with van der Waals surface area (Å²) in [7, 11) is 0. The van der Waals surface area contributed by atoms with Crippen LogP contribution in [0.1, 0.15) is 98.8 Å². The number of rotatable bonds is 7. The number of nitrogens with two attached hydrogens (primary N) is 1. The van der Waals surface area contributed by atoms with Gasteiger partial charge in [-0.2, -0.15) is 10.5 Å². The van der Waals surface area contributed by atoms with Crippen LogP contribution in [-0.4, -0.2) is 6.21 Å². The van der Waals surface area contributed by atoms with Crippen molar-refractivity contribution in [1.29, 1.82) is 15.9 Å². The monoisotopic (exact) mass is 476 g/mol. The van der Waals surface area contributed by atoms with Gasteiger partial charge < -0.3 is 11.1 Å². The van der Waals surface area contributed by atoms with Crippen LogP contribution in [0.15, 0.2) is 11.3 Å². The maximum Gasteiger partial charge on any atom is 0.0659 e. The standard InChI is InChI=1S/C31H48N4/c1-6-21(19(2)3)11-20(16-32)12-24-7-8-26-29-22(17-33)13-25-14-28(35)23(18-34)15-31(25,5)27(29)9-10-30(24,26)4/h18-22,24-27,29,34H,6-15,35H2,1-5H3. The lowest BCUT2D eigenvalue weighted by molar-refractivity contribution is -0.116. The van der Waals surface area contributed by atoms with Crippen LogP contribution >= 0.6 is 0 Å². The smallest absolute Gasteiger partial charge is 0.0659 e. The molecule has 0 spiro atoms. The SMILES string of the molecule is CCC(CC(C#N)CC1CCC2C3C(C#N)CC4CC(N)=C(C=N)CC4(C)C3CCC12C)C(C)C. The van der Waals surface area contributed by atoms with E-state index in [1.807, 2.05) is 0 Å². The van der Waals surface area contributed by atoms with Crippen LogP contribution in [0.5, 0.6) is 0 Å². The van der Waals surface area contributed by atoms with Crippen LogP contribution in [0.25, 0.3) is 0 Å². The number of hydrogen-bond donors (Lipinski definition) is 2. The third kappa shape index (κ3) is 4.34. The molecule has 3 saturated carbocycles. The maximum absolute atomic E-state index is 10.3. The van der Waals surface area contributed by atoms with Gasteiger partial charge in [-0.3, -0.25) is 0 Å². The normalized spacial score (nSPS) is 42.3. The molecule has 4 aliphatic rings. The molecule has 10 atom stereocenters. The van der Waals surface area contributed by atoms with Crippen molar-refractivity contribution in [2.75, 3.05) is 0 Å². The zero-order valence-electron chi connectivity index (χ0n) is 22.8. The molecule has 35 heavy (non-hydrogen) atoms. The first kappa shape index (κ1) is 26.3. The Balaban J connectivity index is 1.57. The lowest BCUT2D eigenvalue weighted by Crippen LogP contribution is -2.56. The van der Waals surface area contributed by atoms with E-state index in [1.165, 1.54) is 31.9 Å². The molecule has 192 valence electrons. The van der Waals surface area contributed by atoms with Gasteiger partial charge in [0.2, 0.25) is 0 Å². The first-order chi connectivity index (χ1) is 16.6. The Morgan fingerprint density at radius 1 is 1.14 bits per heavy atom. The average Bonchev–Trinajstić information content (AvgIpc) is 3.16. The third-order valence-electron chi connectivity index (χ3n) is 11.9. The van der Waals surface area contributed by atoms with Crippen molar-refractivity contribution in [1.82, 2.24) is 0 Å². The van der Waals surface area contributed by atoms with Gasteiger partial charge in [-0.25, -0.2) is 0 Å². The van der Waals surface area contributed by atoms with Gasteiger partial charge in [-0.05, 0) is 116 Å². The minimum atomic E-state index is 0.118. The largest absolute Gasteiger partial charge is 0.402 e. The molecular weight excluding hydrogens is 428 g/mol. The Morgan fingerprint density at radius 2 is 1.86 bits per heavy atom. The first-order valence-electron chi connectivity index (χ1n) is 14.4. The average molecular weight is 477 g/mol. The van der Waals surface area contributed by atoms with Gasteiger partial charge in [0.1, 0.15) is 0 Å². The van der Waals surface area contributed by atoms with Crippen LogP contribution in [-0.2, 0) is 0 Å². The van der Waals surface area contributed by atoms with Crippen molar-refractivity contribution in [3.8, 4) is 12.1 Å². The number of fused-ring (bicyclic) bond motifs is 5. The van der Waals surface area contributed by atoms with E-state index in [9.17, 15) is 10.5 Å². The lowest BCUT2D eigenvalue weighted by atomic mass is 9.42. The summed E-state index contributed by atoms with van der Waals surface area (Å²) in [5.41, 5.74) is 8.69. The number of nitriles is 2. The number of hydrogen-bond acceptors (Lipinski definition) is 4. The lowest BCUT2D eigenvalue weighted by Gasteiger charge is -2.61. The second kappa shape index (κ2) is 9.92. The van der Waals surface area contributed by atoms with Gasteiger partial charge in [0, 0.05) is 17.8 Å². The van der Waals surface area contributed by atoms with Crippen molar-refractivity contribution in [3.05, 3.63) is 11.3 Å². The zero-order chi connectivity index (χ0) is 25.5. The highest BCUT2D eigenvalue weighted by Gasteiger charge is 2.62. The molecule has 0 saturated heterocycles. The van der Waals surface area contributed by atoms with Crippen LogP contribution in [0.4, 0.5) is 0 Å².